The Morgan fingerprint density at radius 2 is 1.92 bits per heavy atom. The molecule has 68 valence electrons. The van der Waals surface area contributed by atoms with Gasteiger partial charge in [0.15, 0.2) is 0 Å². The van der Waals surface area contributed by atoms with Crippen LogP contribution in [0.3, 0.4) is 0 Å². The normalized spacial score (nSPS) is 22.8. The van der Waals surface area contributed by atoms with Crippen LogP contribution in [0.4, 0.5) is 0 Å². The molecule has 2 N–H and O–H groups in total. The van der Waals surface area contributed by atoms with Gasteiger partial charge in [-0.15, -0.1) is 0 Å². The molecule has 0 aromatic carbocycles. The predicted molar refractivity (Wildman–Crippen MR) is 51.9 cm³/mol. The van der Waals surface area contributed by atoms with E-state index in [0.717, 1.165) is 45.0 Å². The molecule has 1 saturated heterocycles. The molecule has 3 nitrogen and oxygen atoms in total. The molecule has 0 atom stereocenters. The third-order valence-electron chi connectivity index (χ3n) is 2.43. The highest BCUT2D eigenvalue weighted by atomic mass is 16.1. The van der Waals surface area contributed by atoms with Gasteiger partial charge < -0.3 is 15.3 Å². The zero-order valence-electron chi connectivity index (χ0n) is 7.54. The van der Waals surface area contributed by atoms with Crippen molar-refractivity contribution < 1.29 is 4.79 Å². The summed E-state index contributed by atoms with van der Waals surface area (Å²) < 4.78 is 0. The van der Waals surface area contributed by atoms with Gasteiger partial charge in [0.1, 0.15) is 0 Å². The maximum Gasteiger partial charge on any atom is 0.281 e. The van der Waals surface area contributed by atoms with Gasteiger partial charge in [0, 0.05) is 6.04 Å². The molecule has 1 rings (SSSR count). The minimum absolute atomic E-state index is 0.392. The van der Waals surface area contributed by atoms with E-state index in [9.17, 15) is 4.79 Å². The van der Waals surface area contributed by atoms with Crippen LogP contribution in [0.15, 0.2) is 0 Å². The summed E-state index contributed by atoms with van der Waals surface area (Å²) in [6.07, 6.45) is 5.47. The summed E-state index contributed by atoms with van der Waals surface area (Å²) in [4.78, 5) is 12.5. The molecule has 1 aliphatic rings. The van der Waals surface area contributed by atoms with E-state index in [1.165, 1.54) is 0 Å². The van der Waals surface area contributed by atoms with E-state index >= 15 is 0 Å². The molecule has 0 spiro atoms. The quantitative estimate of drug-likeness (QED) is 0.456. The van der Waals surface area contributed by atoms with Gasteiger partial charge in [-0.1, -0.05) is 0 Å². The van der Waals surface area contributed by atoms with Crippen LogP contribution in [-0.4, -0.2) is 37.5 Å². The second kappa shape index (κ2) is 5.33. The van der Waals surface area contributed by atoms with Crippen molar-refractivity contribution >= 4 is 13.6 Å². The maximum atomic E-state index is 10.3. The number of nitrogens with two attached hydrogens (primary N) is 1. The van der Waals surface area contributed by atoms with Crippen LogP contribution in [0.5, 0.6) is 0 Å². The summed E-state index contributed by atoms with van der Waals surface area (Å²) >= 11 is 0. The number of rotatable bonds is 2. The number of hydrogen-bond donors (Lipinski definition) is 1. The van der Waals surface area contributed by atoms with Gasteiger partial charge in [0.25, 0.3) is 7.41 Å². The first-order valence-electron chi connectivity index (χ1n) is 4.74. The Bertz CT molecular complexity index is 133. The first-order chi connectivity index (χ1) is 5.83. The number of carbonyl (C=O) groups excluding carboxylic acids is 1. The van der Waals surface area contributed by atoms with Crippen LogP contribution in [-0.2, 0) is 4.79 Å². The van der Waals surface area contributed by atoms with E-state index in [1.807, 2.05) is 0 Å². The molecule has 1 heterocycles. The van der Waals surface area contributed by atoms with Gasteiger partial charge in [0.2, 0.25) is 0 Å². The Morgan fingerprint density at radius 1 is 1.33 bits per heavy atom. The SMILES string of the molecule is NC1CCCN(BC=O)CCC1. The number of hydrogen-bond acceptors (Lipinski definition) is 3. The maximum absolute atomic E-state index is 10.3. The van der Waals surface area contributed by atoms with E-state index in [1.54, 1.807) is 0 Å². The summed E-state index contributed by atoms with van der Waals surface area (Å²) in [6, 6.07) is 0.392. The van der Waals surface area contributed by atoms with Gasteiger partial charge in [-0.2, -0.15) is 0 Å². The molecule has 12 heavy (non-hydrogen) atoms. The van der Waals surface area contributed by atoms with E-state index in [0.29, 0.717) is 13.5 Å². The zero-order chi connectivity index (χ0) is 8.81. The molecular formula is C8H17BN2O. The van der Waals surface area contributed by atoms with E-state index in [2.05, 4.69) is 4.81 Å². The second-order valence-corrected chi connectivity index (χ2v) is 3.51. The average molecular weight is 168 g/mol. The third kappa shape index (κ3) is 3.37. The smallest absolute Gasteiger partial charge is 0.281 e. The molecule has 4 heteroatoms. The van der Waals surface area contributed by atoms with Crippen molar-refractivity contribution in [2.24, 2.45) is 5.73 Å². The lowest BCUT2D eigenvalue weighted by Gasteiger charge is -2.24. The Labute approximate surface area is 74.6 Å². The van der Waals surface area contributed by atoms with Crippen LogP contribution < -0.4 is 5.73 Å². The second-order valence-electron chi connectivity index (χ2n) is 3.51. The minimum Gasteiger partial charge on any atom is -0.339 e. The molecule has 0 saturated carbocycles. The third-order valence-corrected chi connectivity index (χ3v) is 2.43. The summed E-state index contributed by atoms with van der Waals surface area (Å²) in [7, 11) is 0.592. The Kier molecular flexibility index (Phi) is 4.32. The molecule has 0 aromatic rings. The van der Waals surface area contributed by atoms with Crippen LogP contribution in [0, 0.1) is 0 Å². The molecular weight excluding hydrogens is 151 g/mol. The van der Waals surface area contributed by atoms with Crippen LogP contribution in [0.2, 0.25) is 0 Å². The topological polar surface area (TPSA) is 46.3 Å². The van der Waals surface area contributed by atoms with Crippen LogP contribution >= 0.6 is 0 Å². The highest BCUT2D eigenvalue weighted by molar-refractivity contribution is 6.64. The van der Waals surface area contributed by atoms with Gasteiger partial charge in [-0.3, -0.25) is 0 Å². The molecule has 1 fully saturated rings. The fraction of sp³-hybridized carbons (Fsp3) is 0.875. The van der Waals surface area contributed by atoms with Crippen molar-refractivity contribution in [3.8, 4) is 0 Å². The lowest BCUT2D eigenvalue weighted by Crippen LogP contribution is -2.35. The molecule has 0 aliphatic carbocycles. The highest BCUT2D eigenvalue weighted by Gasteiger charge is 2.11. The zero-order valence-corrected chi connectivity index (χ0v) is 7.54. The Balaban J connectivity index is 2.25. The number of nitrogens with zero attached hydrogens (tertiary/aromatic N) is 1. The highest BCUT2D eigenvalue weighted by Crippen LogP contribution is 2.08. The standard InChI is InChI=1S/C8H17BN2O/c10-8-3-1-5-11(9-7-12)6-2-4-8/h7-9H,1-6,10H2. The minimum atomic E-state index is 0.392. The summed E-state index contributed by atoms with van der Waals surface area (Å²) in [5.41, 5.74) is 5.84. The van der Waals surface area contributed by atoms with E-state index in [-0.39, 0.29) is 0 Å². The molecule has 0 unspecified atom stereocenters. The molecule has 1 aliphatic heterocycles. The van der Waals surface area contributed by atoms with Crippen molar-refractivity contribution in [2.45, 2.75) is 31.7 Å². The first-order valence-corrected chi connectivity index (χ1v) is 4.74. The summed E-state index contributed by atoms with van der Waals surface area (Å²) in [5.74, 6) is 0. The fourth-order valence-electron chi connectivity index (χ4n) is 1.70. The van der Waals surface area contributed by atoms with Gasteiger partial charge >= 0.3 is 0 Å². The molecule has 0 aromatic heterocycles. The van der Waals surface area contributed by atoms with E-state index in [4.69, 9.17) is 5.73 Å². The predicted octanol–water partition coefficient (Wildman–Crippen LogP) is -0.269. The van der Waals surface area contributed by atoms with Crippen molar-refractivity contribution in [3.63, 3.8) is 0 Å². The van der Waals surface area contributed by atoms with Crippen molar-refractivity contribution in [1.29, 1.82) is 0 Å². The van der Waals surface area contributed by atoms with Gasteiger partial charge in [0.05, 0.1) is 6.19 Å². The molecule has 0 bridgehead atoms. The summed E-state index contributed by atoms with van der Waals surface area (Å²) in [6.45, 7) is 2.07. The largest absolute Gasteiger partial charge is 0.339 e. The van der Waals surface area contributed by atoms with Crippen molar-refractivity contribution in [2.75, 3.05) is 13.1 Å². The molecule has 0 radical (unpaired) electrons. The summed E-state index contributed by atoms with van der Waals surface area (Å²) in [5, 5.41) is 0. The molecule has 0 amide bonds. The van der Waals surface area contributed by atoms with Gasteiger partial charge in [-0.05, 0) is 38.8 Å². The Hall–Kier alpha value is -0.345. The van der Waals surface area contributed by atoms with Crippen LogP contribution in [0.25, 0.3) is 0 Å². The lowest BCUT2D eigenvalue weighted by atomic mass is 9.91. The monoisotopic (exact) mass is 168 g/mol. The lowest BCUT2D eigenvalue weighted by molar-refractivity contribution is 0.361. The fourth-order valence-corrected chi connectivity index (χ4v) is 1.70. The first kappa shape index (κ1) is 9.74. The van der Waals surface area contributed by atoms with Crippen molar-refractivity contribution in [3.05, 3.63) is 0 Å². The van der Waals surface area contributed by atoms with Gasteiger partial charge in [-0.25, -0.2) is 0 Å². The number of carbonyl (C=O) groups is 1. The Morgan fingerprint density at radius 3 is 2.42 bits per heavy atom. The van der Waals surface area contributed by atoms with Crippen LogP contribution in [0.1, 0.15) is 25.7 Å². The van der Waals surface area contributed by atoms with Crippen molar-refractivity contribution in [1.82, 2.24) is 4.81 Å². The average Bonchev–Trinajstić information content (AvgIpc) is 2.00. The van der Waals surface area contributed by atoms with E-state index < -0.39 is 0 Å².